The third-order valence-electron chi connectivity index (χ3n) is 2.81. The summed E-state index contributed by atoms with van der Waals surface area (Å²) >= 11 is 6.15. The lowest BCUT2D eigenvalue weighted by Crippen LogP contribution is -1.97. The molecule has 17 heavy (non-hydrogen) atoms. The molecule has 88 valence electrons. The highest BCUT2D eigenvalue weighted by molar-refractivity contribution is 6.33. The van der Waals surface area contributed by atoms with E-state index in [1.54, 1.807) is 0 Å². The van der Waals surface area contributed by atoms with Gasteiger partial charge in [0.1, 0.15) is 0 Å². The molecule has 0 saturated heterocycles. The molecule has 0 aliphatic heterocycles. The molecule has 2 heteroatoms. The van der Waals surface area contributed by atoms with E-state index in [2.05, 4.69) is 38.2 Å². The second kappa shape index (κ2) is 4.80. The fourth-order valence-corrected chi connectivity index (χ4v) is 2.26. The number of hydrogen-bond acceptors (Lipinski definition) is 1. The summed E-state index contributed by atoms with van der Waals surface area (Å²) in [4.78, 5) is 0. The molecule has 0 bridgehead atoms. The average molecular weight is 246 g/mol. The van der Waals surface area contributed by atoms with Crippen molar-refractivity contribution in [2.24, 2.45) is 0 Å². The minimum Gasteiger partial charge on any atom is -0.354 e. The summed E-state index contributed by atoms with van der Waals surface area (Å²) in [5, 5.41) is 4.15. The highest BCUT2D eigenvalue weighted by Gasteiger charge is 2.05. The molecular formula is C15H16ClN. The Morgan fingerprint density at radius 2 is 1.53 bits per heavy atom. The molecule has 2 rings (SSSR count). The second-order valence-corrected chi connectivity index (χ2v) is 4.79. The van der Waals surface area contributed by atoms with Gasteiger partial charge in [0.2, 0.25) is 0 Å². The molecule has 0 saturated carbocycles. The Kier molecular flexibility index (Phi) is 3.39. The minimum atomic E-state index is 0.742. The van der Waals surface area contributed by atoms with Crippen molar-refractivity contribution in [1.29, 1.82) is 0 Å². The molecule has 1 N–H and O–H groups in total. The number of aryl methyl sites for hydroxylation is 3. The fraction of sp³-hybridized carbons (Fsp3) is 0.200. The SMILES string of the molecule is Cc1cc(C)c(Nc2ccccc2Cl)c(C)c1. The molecule has 0 radical (unpaired) electrons. The van der Waals surface area contributed by atoms with Gasteiger partial charge in [0.05, 0.1) is 10.7 Å². The van der Waals surface area contributed by atoms with Crippen LogP contribution in [-0.4, -0.2) is 0 Å². The van der Waals surface area contributed by atoms with Crippen LogP contribution >= 0.6 is 11.6 Å². The second-order valence-electron chi connectivity index (χ2n) is 4.38. The number of anilines is 2. The van der Waals surface area contributed by atoms with Gasteiger partial charge >= 0.3 is 0 Å². The number of nitrogens with one attached hydrogen (secondary N) is 1. The van der Waals surface area contributed by atoms with Crippen molar-refractivity contribution in [1.82, 2.24) is 0 Å². The molecular weight excluding hydrogens is 230 g/mol. The minimum absolute atomic E-state index is 0.742. The molecule has 0 aromatic heterocycles. The highest BCUT2D eigenvalue weighted by Crippen LogP contribution is 2.29. The zero-order chi connectivity index (χ0) is 12.4. The van der Waals surface area contributed by atoms with Crippen LogP contribution in [0.3, 0.4) is 0 Å². The predicted octanol–water partition coefficient (Wildman–Crippen LogP) is 5.01. The summed E-state index contributed by atoms with van der Waals surface area (Å²) in [6.45, 7) is 6.33. The molecule has 2 aromatic carbocycles. The fourth-order valence-electron chi connectivity index (χ4n) is 2.07. The Morgan fingerprint density at radius 3 is 2.12 bits per heavy atom. The van der Waals surface area contributed by atoms with Gasteiger partial charge in [-0.1, -0.05) is 41.4 Å². The van der Waals surface area contributed by atoms with Crippen molar-refractivity contribution >= 4 is 23.0 Å². The average Bonchev–Trinajstić information content (AvgIpc) is 2.25. The lowest BCUT2D eigenvalue weighted by molar-refractivity contribution is 1.31. The molecule has 0 aliphatic rings. The van der Waals surface area contributed by atoms with Crippen LogP contribution in [0.15, 0.2) is 36.4 Å². The van der Waals surface area contributed by atoms with E-state index in [-0.39, 0.29) is 0 Å². The van der Waals surface area contributed by atoms with Gasteiger partial charge in [0.25, 0.3) is 0 Å². The normalized spacial score (nSPS) is 10.4. The van der Waals surface area contributed by atoms with Crippen LogP contribution in [0, 0.1) is 20.8 Å². The Balaban J connectivity index is 2.40. The lowest BCUT2D eigenvalue weighted by Gasteiger charge is -2.14. The first-order valence-corrected chi connectivity index (χ1v) is 6.05. The monoisotopic (exact) mass is 245 g/mol. The molecule has 0 heterocycles. The Labute approximate surface area is 107 Å². The molecule has 0 fully saturated rings. The van der Waals surface area contributed by atoms with Crippen LogP contribution in [-0.2, 0) is 0 Å². The molecule has 0 amide bonds. The van der Waals surface area contributed by atoms with Crippen LogP contribution in [0.1, 0.15) is 16.7 Å². The molecule has 0 spiro atoms. The third kappa shape index (κ3) is 2.62. The maximum absolute atomic E-state index is 6.15. The first kappa shape index (κ1) is 12.0. The summed E-state index contributed by atoms with van der Waals surface area (Å²) in [5.41, 5.74) is 5.85. The topological polar surface area (TPSA) is 12.0 Å². The zero-order valence-corrected chi connectivity index (χ0v) is 11.1. The van der Waals surface area contributed by atoms with E-state index in [0.717, 1.165) is 16.4 Å². The van der Waals surface area contributed by atoms with Crippen molar-refractivity contribution in [3.05, 3.63) is 58.1 Å². The molecule has 0 aliphatic carbocycles. The number of benzene rings is 2. The summed E-state index contributed by atoms with van der Waals surface area (Å²) in [7, 11) is 0. The summed E-state index contributed by atoms with van der Waals surface area (Å²) in [6.07, 6.45) is 0. The van der Waals surface area contributed by atoms with Gasteiger partial charge in [-0.25, -0.2) is 0 Å². The smallest absolute Gasteiger partial charge is 0.0640 e. The maximum atomic E-state index is 6.15. The van der Waals surface area contributed by atoms with Crippen LogP contribution in [0.4, 0.5) is 11.4 Å². The van der Waals surface area contributed by atoms with Crippen LogP contribution in [0.2, 0.25) is 5.02 Å². The van der Waals surface area contributed by atoms with Crippen molar-refractivity contribution in [2.75, 3.05) is 5.32 Å². The Morgan fingerprint density at radius 1 is 0.941 bits per heavy atom. The highest BCUT2D eigenvalue weighted by atomic mass is 35.5. The first-order valence-electron chi connectivity index (χ1n) is 5.67. The van der Waals surface area contributed by atoms with E-state index in [4.69, 9.17) is 11.6 Å². The Hall–Kier alpha value is -1.47. The van der Waals surface area contributed by atoms with E-state index in [1.165, 1.54) is 16.7 Å². The Bertz CT molecular complexity index is 523. The van der Waals surface area contributed by atoms with Gasteiger partial charge in [0.15, 0.2) is 0 Å². The van der Waals surface area contributed by atoms with Crippen molar-refractivity contribution in [3.8, 4) is 0 Å². The van der Waals surface area contributed by atoms with Gasteiger partial charge in [-0.3, -0.25) is 0 Å². The molecule has 1 nitrogen and oxygen atoms in total. The molecule has 2 aromatic rings. The predicted molar refractivity (Wildman–Crippen MR) is 75.4 cm³/mol. The van der Waals surface area contributed by atoms with Crippen molar-refractivity contribution in [3.63, 3.8) is 0 Å². The van der Waals surface area contributed by atoms with Crippen LogP contribution < -0.4 is 5.32 Å². The summed E-state index contributed by atoms with van der Waals surface area (Å²) in [5.74, 6) is 0. The number of para-hydroxylation sites is 1. The standard InChI is InChI=1S/C15H16ClN/c1-10-8-11(2)15(12(3)9-10)17-14-7-5-4-6-13(14)16/h4-9,17H,1-3H3. The van der Waals surface area contributed by atoms with Crippen molar-refractivity contribution in [2.45, 2.75) is 20.8 Å². The zero-order valence-electron chi connectivity index (χ0n) is 10.3. The quantitative estimate of drug-likeness (QED) is 0.784. The van der Waals surface area contributed by atoms with Gasteiger partial charge in [0, 0.05) is 5.69 Å². The molecule has 0 atom stereocenters. The maximum Gasteiger partial charge on any atom is 0.0640 e. The van der Waals surface area contributed by atoms with Crippen molar-refractivity contribution < 1.29 is 0 Å². The third-order valence-corrected chi connectivity index (χ3v) is 3.14. The first-order chi connectivity index (χ1) is 8.08. The van der Waals surface area contributed by atoms with E-state index < -0.39 is 0 Å². The van der Waals surface area contributed by atoms with E-state index in [9.17, 15) is 0 Å². The summed E-state index contributed by atoms with van der Waals surface area (Å²) < 4.78 is 0. The van der Waals surface area contributed by atoms with E-state index >= 15 is 0 Å². The van der Waals surface area contributed by atoms with Gasteiger partial charge < -0.3 is 5.32 Å². The van der Waals surface area contributed by atoms with Crippen LogP contribution in [0.25, 0.3) is 0 Å². The lowest BCUT2D eigenvalue weighted by atomic mass is 10.0. The van der Waals surface area contributed by atoms with E-state index in [1.807, 2.05) is 24.3 Å². The van der Waals surface area contributed by atoms with Crippen LogP contribution in [0.5, 0.6) is 0 Å². The van der Waals surface area contributed by atoms with Gasteiger partial charge in [-0.05, 0) is 44.0 Å². The summed E-state index contributed by atoms with van der Waals surface area (Å²) in [6, 6.07) is 12.1. The largest absolute Gasteiger partial charge is 0.354 e. The number of rotatable bonds is 2. The number of hydrogen-bond donors (Lipinski definition) is 1. The van der Waals surface area contributed by atoms with E-state index in [0.29, 0.717) is 0 Å². The van der Waals surface area contributed by atoms with Gasteiger partial charge in [-0.15, -0.1) is 0 Å². The van der Waals surface area contributed by atoms with Gasteiger partial charge in [-0.2, -0.15) is 0 Å². The molecule has 0 unspecified atom stereocenters. The number of halogens is 1.